The maximum Gasteiger partial charge on any atom is 0.408 e. The van der Waals surface area contributed by atoms with Crippen molar-refractivity contribution in [1.29, 1.82) is 0 Å². The third kappa shape index (κ3) is 7.84. The number of hydrogen-bond donors (Lipinski definition) is 2. The molecule has 2 fully saturated rings. The topological polar surface area (TPSA) is 123 Å². The second-order valence-electron chi connectivity index (χ2n) is 10.4. The molecule has 0 aromatic heterocycles. The Balaban J connectivity index is 2.27. The van der Waals surface area contributed by atoms with Gasteiger partial charge in [-0.15, -0.1) is 11.8 Å². The number of ether oxygens (including phenoxy) is 1. The van der Waals surface area contributed by atoms with Crippen molar-refractivity contribution < 1.29 is 32.7 Å². The van der Waals surface area contributed by atoms with Crippen LogP contribution in [0.1, 0.15) is 80.6 Å². The summed E-state index contributed by atoms with van der Waals surface area (Å²) in [5, 5.41) is 5.26. The Kier molecular flexibility index (Phi) is 10.1. The van der Waals surface area contributed by atoms with Gasteiger partial charge in [0.15, 0.2) is 0 Å². The monoisotopic (exact) mass is 535 g/mol. The van der Waals surface area contributed by atoms with Crippen LogP contribution < -0.4 is 10.6 Å². The zero-order valence-corrected chi connectivity index (χ0v) is 23.8. The first-order valence-electron chi connectivity index (χ1n) is 12.3. The fraction of sp³-hybridized carbons (Fsp3) is 0.870. The van der Waals surface area contributed by atoms with Crippen LogP contribution in [0.3, 0.4) is 0 Å². The van der Waals surface area contributed by atoms with Crippen molar-refractivity contribution in [2.75, 3.05) is 26.0 Å². The standard InChI is InChI=1S/C23H42N3O7PS/c1-8-31-34(30,32-9-2)16-25-19(28)18-22(6,7)35-23(13-11-10-12-14-23)26(18)17(27)15-24-20(29)33-21(3,4)5/h18H,8-16H2,1-7H3,(H,24,29)(H,25,28). The molecule has 0 radical (unpaired) electrons. The number of rotatable bonds is 9. The van der Waals surface area contributed by atoms with E-state index in [9.17, 15) is 18.9 Å². The van der Waals surface area contributed by atoms with Crippen LogP contribution in [-0.2, 0) is 27.9 Å². The van der Waals surface area contributed by atoms with Gasteiger partial charge in [-0.05, 0) is 61.3 Å². The van der Waals surface area contributed by atoms with Gasteiger partial charge in [0.05, 0.1) is 18.1 Å². The Hall–Kier alpha value is -1.29. The highest BCUT2D eigenvalue weighted by Gasteiger charge is 2.60. The van der Waals surface area contributed by atoms with Gasteiger partial charge in [0.25, 0.3) is 0 Å². The minimum atomic E-state index is -3.50. The van der Waals surface area contributed by atoms with Gasteiger partial charge < -0.3 is 29.3 Å². The Bertz CT molecular complexity index is 814. The number of thioether (sulfide) groups is 1. The fourth-order valence-corrected chi connectivity index (χ4v) is 8.23. The Morgan fingerprint density at radius 3 is 2.11 bits per heavy atom. The summed E-state index contributed by atoms with van der Waals surface area (Å²) in [4.78, 5) is 40.4. The maximum absolute atomic E-state index is 13.6. The van der Waals surface area contributed by atoms with E-state index in [1.165, 1.54) is 0 Å². The molecule has 0 aromatic carbocycles. The van der Waals surface area contributed by atoms with Crippen LogP contribution in [0.5, 0.6) is 0 Å². The van der Waals surface area contributed by atoms with Gasteiger partial charge in [0.2, 0.25) is 11.8 Å². The number of hydrogen-bond acceptors (Lipinski definition) is 8. The second kappa shape index (κ2) is 11.8. The average molecular weight is 536 g/mol. The molecule has 12 heteroatoms. The summed E-state index contributed by atoms with van der Waals surface area (Å²) < 4.78 is 28.1. The smallest absolute Gasteiger partial charge is 0.408 e. The maximum atomic E-state index is 13.6. The van der Waals surface area contributed by atoms with Crippen molar-refractivity contribution in [2.24, 2.45) is 0 Å². The van der Waals surface area contributed by atoms with Gasteiger partial charge in [0, 0.05) is 4.75 Å². The predicted octanol–water partition coefficient (Wildman–Crippen LogP) is 4.23. The first-order valence-corrected chi connectivity index (χ1v) is 14.9. The zero-order valence-electron chi connectivity index (χ0n) is 22.1. The van der Waals surface area contributed by atoms with Crippen LogP contribution in [-0.4, -0.2) is 70.1 Å². The van der Waals surface area contributed by atoms with Crippen molar-refractivity contribution >= 4 is 37.3 Å². The molecule has 10 nitrogen and oxygen atoms in total. The molecular weight excluding hydrogens is 493 g/mol. The van der Waals surface area contributed by atoms with Crippen molar-refractivity contribution in [1.82, 2.24) is 15.5 Å². The molecule has 2 aliphatic rings. The lowest BCUT2D eigenvalue weighted by atomic mass is 9.90. The van der Waals surface area contributed by atoms with Crippen molar-refractivity contribution in [3.63, 3.8) is 0 Å². The van der Waals surface area contributed by atoms with E-state index in [0.29, 0.717) is 0 Å². The largest absolute Gasteiger partial charge is 0.444 e. The summed E-state index contributed by atoms with van der Waals surface area (Å²) >= 11 is 1.63. The normalized spacial score (nSPS) is 21.6. The molecule has 1 atom stereocenters. The lowest BCUT2D eigenvalue weighted by molar-refractivity contribution is -0.144. The van der Waals surface area contributed by atoms with Gasteiger partial charge in [-0.1, -0.05) is 19.3 Å². The minimum Gasteiger partial charge on any atom is -0.444 e. The van der Waals surface area contributed by atoms with Gasteiger partial charge in [-0.25, -0.2) is 4.79 Å². The number of nitrogens with zero attached hydrogens (tertiary/aromatic N) is 1. The highest BCUT2D eigenvalue weighted by atomic mass is 32.2. The van der Waals surface area contributed by atoms with E-state index in [2.05, 4.69) is 10.6 Å². The van der Waals surface area contributed by atoms with Gasteiger partial charge >= 0.3 is 13.7 Å². The quantitative estimate of drug-likeness (QED) is 0.421. The Labute approximate surface area is 213 Å². The molecule has 1 spiro atoms. The average Bonchev–Trinajstić information content (AvgIpc) is 2.96. The molecule has 35 heavy (non-hydrogen) atoms. The Morgan fingerprint density at radius 2 is 1.60 bits per heavy atom. The summed E-state index contributed by atoms with van der Waals surface area (Å²) in [6, 6.07) is -0.824. The summed E-state index contributed by atoms with van der Waals surface area (Å²) in [6.45, 7) is 12.6. The van der Waals surface area contributed by atoms with E-state index in [1.54, 1.807) is 51.3 Å². The van der Waals surface area contributed by atoms with Gasteiger partial charge in [0.1, 0.15) is 24.5 Å². The summed E-state index contributed by atoms with van der Waals surface area (Å²) in [5.41, 5.74) is -0.694. The third-order valence-corrected chi connectivity index (χ3v) is 9.42. The fourth-order valence-electron chi connectivity index (χ4n) is 4.73. The molecule has 2 rings (SSSR count). The van der Waals surface area contributed by atoms with Crippen molar-refractivity contribution in [3.05, 3.63) is 0 Å². The molecule has 202 valence electrons. The van der Waals surface area contributed by atoms with Crippen LogP contribution in [0.25, 0.3) is 0 Å². The van der Waals surface area contributed by atoms with Crippen LogP contribution in [0.4, 0.5) is 4.79 Å². The molecule has 1 saturated carbocycles. The summed E-state index contributed by atoms with van der Waals surface area (Å²) in [5.74, 6) is -0.774. The molecule has 1 unspecified atom stereocenters. The molecule has 1 aliphatic carbocycles. The number of amides is 3. The highest BCUT2D eigenvalue weighted by molar-refractivity contribution is 8.02. The molecular formula is C23H42N3O7PS. The summed E-state index contributed by atoms with van der Waals surface area (Å²) in [6.07, 6.45) is 3.53. The number of nitrogens with one attached hydrogen (secondary N) is 2. The molecule has 1 heterocycles. The first kappa shape index (κ1) is 29.9. The van der Waals surface area contributed by atoms with Crippen LogP contribution in [0.2, 0.25) is 0 Å². The lowest BCUT2D eigenvalue weighted by Crippen LogP contribution is -2.60. The lowest BCUT2D eigenvalue weighted by Gasteiger charge is -2.42. The van der Waals surface area contributed by atoms with Gasteiger partial charge in [-0.2, -0.15) is 0 Å². The molecule has 1 saturated heterocycles. The summed E-state index contributed by atoms with van der Waals surface area (Å²) in [7, 11) is -3.50. The zero-order chi connectivity index (χ0) is 26.5. The van der Waals surface area contributed by atoms with Gasteiger partial charge in [-0.3, -0.25) is 14.2 Å². The van der Waals surface area contributed by atoms with E-state index in [1.807, 2.05) is 13.8 Å². The van der Waals surface area contributed by atoms with Crippen LogP contribution in [0.15, 0.2) is 0 Å². The highest BCUT2D eigenvalue weighted by Crippen LogP contribution is 2.57. The van der Waals surface area contributed by atoms with E-state index in [0.717, 1.165) is 32.1 Å². The van der Waals surface area contributed by atoms with Crippen LogP contribution >= 0.6 is 19.4 Å². The molecule has 3 amide bonds. The molecule has 1 aliphatic heterocycles. The first-order chi connectivity index (χ1) is 16.2. The van der Waals surface area contributed by atoms with E-state index < -0.39 is 40.9 Å². The number of alkyl carbamates (subject to hydrolysis) is 1. The van der Waals surface area contributed by atoms with Crippen molar-refractivity contribution in [3.8, 4) is 0 Å². The molecule has 2 N–H and O–H groups in total. The van der Waals surface area contributed by atoms with E-state index >= 15 is 0 Å². The minimum absolute atomic E-state index is 0.183. The third-order valence-electron chi connectivity index (χ3n) is 5.84. The van der Waals surface area contributed by atoms with Crippen molar-refractivity contribution in [2.45, 2.75) is 102 Å². The molecule has 0 aromatic rings. The van der Waals surface area contributed by atoms with E-state index in [-0.39, 0.29) is 32.0 Å². The number of carbonyl (C=O) groups is 3. The predicted molar refractivity (Wildman–Crippen MR) is 136 cm³/mol. The SMILES string of the molecule is CCOP(=O)(CNC(=O)C1N(C(=O)CNC(=O)OC(C)(C)C)C2(CCCCC2)SC1(C)C)OCC. The number of carbonyl (C=O) groups excluding carboxylic acids is 3. The second-order valence-corrected chi connectivity index (χ2v) is 14.5. The van der Waals surface area contributed by atoms with E-state index in [4.69, 9.17) is 13.8 Å². The Morgan fingerprint density at radius 1 is 1.03 bits per heavy atom. The van der Waals surface area contributed by atoms with Crippen LogP contribution in [0, 0.1) is 0 Å². The molecule has 0 bridgehead atoms.